The Labute approximate surface area is 121 Å². The lowest BCUT2D eigenvalue weighted by molar-refractivity contribution is 0.466. The van der Waals surface area contributed by atoms with E-state index in [1.54, 1.807) is 12.4 Å². The highest BCUT2D eigenvalue weighted by Gasteiger charge is 2.08. The molecule has 1 N–H and O–H groups in total. The standard InChI is InChI=1S/C17H22N2O/c1-5-18-10-15-6-7-19-11-17(15)20-16-9-12(2)8-13(3)14(16)4/h6-9,11,18H,5,10H2,1-4H3. The van der Waals surface area contributed by atoms with Crippen LogP contribution in [-0.2, 0) is 6.54 Å². The summed E-state index contributed by atoms with van der Waals surface area (Å²) in [5.41, 5.74) is 4.76. The molecule has 0 bridgehead atoms. The van der Waals surface area contributed by atoms with E-state index in [9.17, 15) is 0 Å². The molecule has 0 amide bonds. The molecule has 2 aromatic rings. The molecule has 0 spiro atoms. The molecule has 0 unspecified atom stereocenters. The van der Waals surface area contributed by atoms with Gasteiger partial charge >= 0.3 is 0 Å². The largest absolute Gasteiger partial charge is 0.455 e. The lowest BCUT2D eigenvalue weighted by Gasteiger charge is -2.14. The summed E-state index contributed by atoms with van der Waals surface area (Å²) in [6, 6.07) is 6.24. The number of benzene rings is 1. The first-order chi connectivity index (χ1) is 9.61. The van der Waals surface area contributed by atoms with Crippen molar-refractivity contribution in [3.8, 4) is 11.5 Å². The maximum atomic E-state index is 6.10. The van der Waals surface area contributed by atoms with Crippen LogP contribution in [0.3, 0.4) is 0 Å². The Balaban J connectivity index is 2.30. The monoisotopic (exact) mass is 270 g/mol. The normalized spacial score (nSPS) is 10.6. The van der Waals surface area contributed by atoms with Crippen molar-refractivity contribution in [1.29, 1.82) is 0 Å². The van der Waals surface area contributed by atoms with Crippen LogP contribution in [0, 0.1) is 20.8 Å². The zero-order valence-electron chi connectivity index (χ0n) is 12.7. The Kier molecular flexibility index (Phi) is 4.74. The first kappa shape index (κ1) is 14.5. The number of pyridine rings is 1. The van der Waals surface area contributed by atoms with Crippen LogP contribution in [0.1, 0.15) is 29.2 Å². The van der Waals surface area contributed by atoms with Gasteiger partial charge in [0.2, 0.25) is 0 Å². The van der Waals surface area contributed by atoms with Crippen LogP contribution in [0.2, 0.25) is 0 Å². The summed E-state index contributed by atoms with van der Waals surface area (Å²) in [6.07, 6.45) is 3.58. The highest BCUT2D eigenvalue weighted by Crippen LogP contribution is 2.30. The summed E-state index contributed by atoms with van der Waals surface area (Å²) >= 11 is 0. The third kappa shape index (κ3) is 3.36. The second kappa shape index (κ2) is 6.53. The van der Waals surface area contributed by atoms with Gasteiger partial charge < -0.3 is 10.1 Å². The molecule has 0 aliphatic rings. The molecular weight excluding hydrogens is 248 g/mol. The van der Waals surface area contributed by atoms with Crippen LogP contribution in [-0.4, -0.2) is 11.5 Å². The predicted octanol–water partition coefficient (Wildman–Crippen LogP) is 3.91. The van der Waals surface area contributed by atoms with Crippen LogP contribution in [0.4, 0.5) is 0 Å². The first-order valence-corrected chi connectivity index (χ1v) is 7.01. The number of aromatic nitrogens is 1. The Hall–Kier alpha value is -1.87. The van der Waals surface area contributed by atoms with Gasteiger partial charge in [0.15, 0.2) is 0 Å². The molecule has 0 saturated heterocycles. The minimum atomic E-state index is 0.790. The van der Waals surface area contributed by atoms with Crippen LogP contribution in [0.15, 0.2) is 30.6 Å². The molecule has 106 valence electrons. The van der Waals surface area contributed by atoms with Gasteiger partial charge in [-0.1, -0.05) is 13.0 Å². The molecule has 3 heteroatoms. The minimum absolute atomic E-state index is 0.790. The fourth-order valence-electron chi connectivity index (χ4n) is 2.13. The Morgan fingerprint density at radius 2 is 1.95 bits per heavy atom. The van der Waals surface area contributed by atoms with Crippen LogP contribution < -0.4 is 10.1 Å². The second-order valence-corrected chi connectivity index (χ2v) is 5.07. The molecule has 2 rings (SSSR count). The molecular formula is C17H22N2O. The molecule has 1 heterocycles. The number of rotatable bonds is 5. The van der Waals surface area contributed by atoms with E-state index < -0.39 is 0 Å². The van der Waals surface area contributed by atoms with Gasteiger partial charge in [0, 0.05) is 18.3 Å². The molecule has 0 fully saturated rings. The van der Waals surface area contributed by atoms with Crippen molar-refractivity contribution >= 4 is 0 Å². The zero-order chi connectivity index (χ0) is 14.5. The fourth-order valence-corrected chi connectivity index (χ4v) is 2.13. The maximum Gasteiger partial charge on any atom is 0.150 e. The van der Waals surface area contributed by atoms with Crippen LogP contribution >= 0.6 is 0 Å². The molecule has 0 radical (unpaired) electrons. The molecule has 0 aliphatic carbocycles. The van der Waals surface area contributed by atoms with Crippen LogP contribution in [0.25, 0.3) is 0 Å². The quantitative estimate of drug-likeness (QED) is 0.894. The summed E-state index contributed by atoms with van der Waals surface area (Å²) in [6.45, 7) is 10.1. The van der Waals surface area contributed by atoms with Gasteiger partial charge in [0.1, 0.15) is 11.5 Å². The third-order valence-electron chi connectivity index (χ3n) is 3.42. The van der Waals surface area contributed by atoms with Crippen LogP contribution in [0.5, 0.6) is 11.5 Å². The van der Waals surface area contributed by atoms with Gasteiger partial charge in [-0.15, -0.1) is 0 Å². The third-order valence-corrected chi connectivity index (χ3v) is 3.42. The lowest BCUT2D eigenvalue weighted by atomic mass is 10.1. The van der Waals surface area contributed by atoms with E-state index in [0.29, 0.717) is 0 Å². The van der Waals surface area contributed by atoms with E-state index in [0.717, 1.165) is 30.2 Å². The first-order valence-electron chi connectivity index (χ1n) is 7.01. The molecule has 3 nitrogen and oxygen atoms in total. The lowest BCUT2D eigenvalue weighted by Crippen LogP contribution is -2.12. The molecule has 1 aromatic heterocycles. The molecule has 0 aliphatic heterocycles. The Bertz CT molecular complexity index is 594. The minimum Gasteiger partial charge on any atom is -0.455 e. The Morgan fingerprint density at radius 1 is 1.15 bits per heavy atom. The fraction of sp³-hybridized carbons (Fsp3) is 0.353. The number of hydrogen-bond acceptors (Lipinski definition) is 3. The van der Waals surface area contributed by atoms with Crippen molar-refractivity contribution < 1.29 is 4.74 Å². The average molecular weight is 270 g/mol. The topological polar surface area (TPSA) is 34.2 Å². The summed E-state index contributed by atoms with van der Waals surface area (Å²) in [5.74, 6) is 1.73. The second-order valence-electron chi connectivity index (χ2n) is 5.07. The number of hydrogen-bond donors (Lipinski definition) is 1. The Morgan fingerprint density at radius 3 is 2.70 bits per heavy atom. The van der Waals surface area contributed by atoms with Crippen molar-refractivity contribution in [2.75, 3.05) is 6.54 Å². The summed E-state index contributed by atoms with van der Waals surface area (Å²) < 4.78 is 6.10. The van der Waals surface area contributed by atoms with E-state index >= 15 is 0 Å². The predicted molar refractivity (Wildman–Crippen MR) is 82.3 cm³/mol. The average Bonchev–Trinajstić information content (AvgIpc) is 2.43. The summed E-state index contributed by atoms with van der Waals surface area (Å²) in [5, 5.41) is 3.32. The molecule has 20 heavy (non-hydrogen) atoms. The van der Waals surface area contributed by atoms with Gasteiger partial charge in [-0.3, -0.25) is 4.98 Å². The van der Waals surface area contributed by atoms with E-state index in [2.05, 4.69) is 50.1 Å². The van der Waals surface area contributed by atoms with Gasteiger partial charge in [-0.05, 0) is 56.1 Å². The van der Waals surface area contributed by atoms with Crippen molar-refractivity contribution in [2.45, 2.75) is 34.2 Å². The van der Waals surface area contributed by atoms with Crippen molar-refractivity contribution in [3.63, 3.8) is 0 Å². The van der Waals surface area contributed by atoms with E-state index in [-0.39, 0.29) is 0 Å². The molecule has 0 atom stereocenters. The van der Waals surface area contributed by atoms with Gasteiger partial charge in [-0.2, -0.15) is 0 Å². The van der Waals surface area contributed by atoms with E-state index in [1.165, 1.54) is 16.7 Å². The van der Waals surface area contributed by atoms with E-state index in [4.69, 9.17) is 4.74 Å². The molecule has 0 saturated carbocycles. The highest BCUT2D eigenvalue weighted by molar-refractivity contribution is 5.45. The number of nitrogens with zero attached hydrogens (tertiary/aromatic N) is 1. The van der Waals surface area contributed by atoms with Gasteiger partial charge in [0.05, 0.1) is 6.20 Å². The van der Waals surface area contributed by atoms with Crippen molar-refractivity contribution in [3.05, 3.63) is 52.8 Å². The maximum absolute atomic E-state index is 6.10. The summed E-state index contributed by atoms with van der Waals surface area (Å²) in [4.78, 5) is 4.17. The number of nitrogens with one attached hydrogen (secondary N) is 1. The van der Waals surface area contributed by atoms with Gasteiger partial charge in [-0.25, -0.2) is 0 Å². The number of aryl methyl sites for hydroxylation is 2. The highest BCUT2D eigenvalue weighted by atomic mass is 16.5. The van der Waals surface area contributed by atoms with Crippen molar-refractivity contribution in [1.82, 2.24) is 10.3 Å². The smallest absolute Gasteiger partial charge is 0.150 e. The number of ether oxygens (including phenoxy) is 1. The SMILES string of the molecule is CCNCc1ccncc1Oc1cc(C)cc(C)c1C. The zero-order valence-corrected chi connectivity index (χ0v) is 12.7. The van der Waals surface area contributed by atoms with Crippen molar-refractivity contribution in [2.24, 2.45) is 0 Å². The summed E-state index contributed by atoms with van der Waals surface area (Å²) in [7, 11) is 0. The van der Waals surface area contributed by atoms with Gasteiger partial charge in [0.25, 0.3) is 0 Å². The van der Waals surface area contributed by atoms with E-state index in [1.807, 2.05) is 6.07 Å². The molecule has 1 aromatic carbocycles.